The number of nitrogens with one attached hydrogen (secondary N) is 1. The Morgan fingerprint density at radius 3 is 2.83 bits per heavy atom. The summed E-state index contributed by atoms with van der Waals surface area (Å²) >= 11 is 7.75. The average molecular weight is 433 g/mol. The van der Waals surface area contributed by atoms with Crippen LogP contribution in [0.1, 0.15) is 19.4 Å². The lowest BCUT2D eigenvalue weighted by Crippen LogP contribution is -2.58. The van der Waals surface area contributed by atoms with Crippen LogP contribution in [-0.2, 0) is 15.3 Å². The van der Waals surface area contributed by atoms with Gasteiger partial charge in [-0.05, 0) is 43.7 Å². The highest BCUT2D eigenvalue weighted by molar-refractivity contribution is 7.99. The van der Waals surface area contributed by atoms with Crippen LogP contribution in [0, 0.1) is 0 Å². The summed E-state index contributed by atoms with van der Waals surface area (Å²) in [5.41, 5.74) is 1.35. The summed E-state index contributed by atoms with van der Waals surface area (Å²) in [6.07, 6.45) is 0. The molecule has 2 amide bonds. The molecular formula is C21H21ClN2O4S. The molecule has 0 unspecified atom stereocenters. The second-order valence-corrected chi connectivity index (χ2v) is 8.75. The van der Waals surface area contributed by atoms with E-state index < -0.39 is 5.54 Å². The van der Waals surface area contributed by atoms with Crippen molar-refractivity contribution in [1.29, 1.82) is 0 Å². The Labute approximate surface area is 178 Å². The van der Waals surface area contributed by atoms with E-state index in [1.54, 1.807) is 24.8 Å². The average Bonchev–Trinajstić information content (AvgIpc) is 2.69. The number of benzene rings is 2. The van der Waals surface area contributed by atoms with Crippen molar-refractivity contribution in [2.75, 3.05) is 29.2 Å². The van der Waals surface area contributed by atoms with Crippen LogP contribution in [0.3, 0.4) is 0 Å². The molecule has 0 atom stereocenters. The largest absolute Gasteiger partial charge is 0.486 e. The van der Waals surface area contributed by atoms with Crippen molar-refractivity contribution < 1.29 is 19.1 Å². The molecular weight excluding hydrogens is 412 g/mol. The molecule has 0 bridgehead atoms. The normalized spacial score (nSPS) is 16.8. The van der Waals surface area contributed by atoms with Gasteiger partial charge in [0.1, 0.15) is 18.8 Å². The van der Waals surface area contributed by atoms with Crippen LogP contribution < -0.4 is 19.7 Å². The van der Waals surface area contributed by atoms with Gasteiger partial charge in [-0.15, -0.1) is 11.8 Å². The topological polar surface area (TPSA) is 67.9 Å². The zero-order chi connectivity index (χ0) is 20.6. The first-order valence-electron chi connectivity index (χ1n) is 9.27. The molecule has 152 valence electrons. The zero-order valence-corrected chi connectivity index (χ0v) is 17.7. The fourth-order valence-electron chi connectivity index (χ4n) is 3.47. The van der Waals surface area contributed by atoms with Crippen LogP contribution in [0.15, 0.2) is 36.4 Å². The van der Waals surface area contributed by atoms with Gasteiger partial charge in [0, 0.05) is 5.75 Å². The fourth-order valence-corrected chi connectivity index (χ4v) is 4.56. The molecule has 2 aliphatic heterocycles. The molecule has 2 aliphatic rings. The first kappa shape index (κ1) is 19.9. The first-order chi connectivity index (χ1) is 13.9. The number of para-hydroxylation sites is 2. The van der Waals surface area contributed by atoms with Crippen molar-refractivity contribution in [3.05, 3.63) is 47.0 Å². The van der Waals surface area contributed by atoms with Gasteiger partial charge in [0.25, 0.3) is 0 Å². The number of hydrogen-bond acceptors (Lipinski definition) is 5. The Hall–Kier alpha value is -2.38. The summed E-state index contributed by atoms with van der Waals surface area (Å²) in [5.74, 6) is 1.70. The van der Waals surface area contributed by atoms with E-state index in [-0.39, 0.29) is 17.6 Å². The van der Waals surface area contributed by atoms with Crippen molar-refractivity contribution in [2.24, 2.45) is 0 Å². The predicted octanol–water partition coefficient (Wildman–Crippen LogP) is 4.11. The van der Waals surface area contributed by atoms with Crippen LogP contribution in [-0.4, -0.2) is 36.3 Å². The Kier molecular flexibility index (Phi) is 5.36. The highest BCUT2D eigenvalue weighted by Gasteiger charge is 2.43. The number of halogens is 1. The molecule has 2 aromatic carbocycles. The summed E-state index contributed by atoms with van der Waals surface area (Å²) in [5, 5.41) is 3.38. The van der Waals surface area contributed by atoms with E-state index in [9.17, 15) is 9.59 Å². The van der Waals surface area contributed by atoms with E-state index >= 15 is 0 Å². The quantitative estimate of drug-likeness (QED) is 0.787. The Morgan fingerprint density at radius 2 is 2.00 bits per heavy atom. The molecule has 0 saturated carbocycles. The molecule has 0 radical (unpaired) electrons. The Bertz CT molecular complexity index is 979. The van der Waals surface area contributed by atoms with Crippen molar-refractivity contribution in [3.8, 4) is 11.5 Å². The summed E-state index contributed by atoms with van der Waals surface area (Å²) < 4.78 is 11.1. The Balaban J connectivity index is 1.47. The van der Waals surface area contributed by atoms with Gasteiger partial charge in [-0.3, -0.25) is 14.5 Å². The lowest BCUT2D eigenvalue weighted by Gasteiger charge is -2.42. The number of amides is 2. The van der Waals surface area contributed by atoms with Crippen LogP contribution in [0.2, 0.25) is 5.02 Å². The number of ether oxygens (including phenoxy) is 2. The number of hydrogen-bond donors (Lipinski definition) is 1. The minimum absolute atomic E-state index is 0.119. The maximum absolute atomic E-state index is 13.1. The van der Waals surface area contributed by atoms with Gasteiger partial charge in [0.05, 0.1) is 22.2 Å². The van der Waals surface area contributed by atoms with Crippen molar-refractivity contribution >= 4 is 46.6 Å². The standard InChI is InChI=1S/C21H21ClN2O4S/c1-21(2)20(26)23-15-5-3-4-6-16(15)24(21)18(25)12-29-11-13-9-14(22)19-17(10-13)27-7-8-28-19/h3-6,9-10H,7-8,11-12H2,1-2H3,(H,23,26). The number of fused-ring (bicyclic) bond motifs is 2. The van der Waals surface area contributed by atoms with E-state index in [1.807, 2.05) is 30.3 Å². The van der Waals surface area contributed by atoms with Gasteiger partial charge in [-0.1, -0.05) is 23.7 Å². The molecule has 2 aromatic rings. The van der Waals surface area contributed by atoms with Gasteiger partial charge >= 0.3 is 0 Å². The maximum atomic E-state index is 13.1. The SMILES string of the molecule is CC1(C)C(=O)Nc2ccccc2N1C(=O)CSCc1cc(Cl)c2c(c1)OCCO2. The number of nitrogens with zero attached hydrogens (tertiary/aromatic N) is 1. The van der Waals surface area contributed by atoms with Gasteiger partial charge in [-0.25, -0.2) is 0 Å². The van der Waals surface area contributed by atoms with E-state index in [1.165, 1.54) is 11.8 Å². The second-order valence-electron chi connectivity index (χ2n) is 7.35. The first-order valence-corrected chi connectivity index (χ1v) is 10.8. The highest BCUT2D eigenvalue weighted by Crippen LogP contribution is 2.40. The van der Waals surface area contributed by atoms with E-state index in [0.717, 1.165) is 5.56 Å². The van der Waals surface area contributed by atoms with E-state index in [2.05, 4.69) is 5.32 Å². The molecule has 8 heteroatoms. The summed E-state index contributed by atoms with van der Waals surface area (Å²) in [7, 11) is 0. The predicted molar refractivity (Wildman–Crippen MR) is 115 cm³/mol. The Morgan fingerprint density at radius 1 is 1.24 bits per heavy atom. The molecule has 1 N–H and O–H groups in total. The maximum Gasteiger partial charge on any atom is 0.250 e. The molecule has 0 spiro atoms. The molecule has 4 rings (SSSR count). The summed E-state index contributed by atoms with van der Waals surface area (Å²) in [6, 6.07) is 11.1. The summed E-state index contributed by atoms with van der Waals surface area (Å²) in [6.45, 7) is 4.47. The fraction of sp³-hybridized carbons (Fsp3) is 0.333. The lowest BCUT2D eigenvalue weighted by molar-refractivity contribution is -0.125. The van der Waals surface area contributed by atoms with E-state index in [0.29, 0.717) is 46.9 Å². The van der Waals surface area contributed by atoms with Crippen molar-refractivity contribution in [1.82, 2.24) is 0 Å². The van der Waals surface area contributed by atoms with Gasteiger partial charge in [0.2, 0.25) is 11.8 Å². The third kappa shape index (κ3) is 3.76. The monoisotopic (exact) mass is 432 g/mol. The molecule has 0 aromatic heterocycles. The highest BCUT2D eigenvalue weighted by atomic mass is 35.5. The number of carbonyl (C=O) groups excluding carboxylic acids is 2. The van der Waals surface area contributed by atoms with Gasteiger partial charge < -0.3 is 14.8 Å². The summed E-state index contributed by atoms with van der Waals surface area (Å²) in [4.78, 5) is 27.2. The number of thioether (sulfide) groups is 1. The second kappa shape index (κ2) is 7.80. The van der Waals surface area contributed by atoms with Gasteiger partial charge in [0.15, 0.2) is 11.5 Å². The molecule has 0 fully saturated rings. The molecule has 2 heterocycles. The smallest absolute Gasteiger partial charge is 0.250 e. The minimum atomic E-state index is -0.966. The molecule has 29 heavy (non-hydrogen) atoms. The molecule has 0 aliphatic carbocycles. The van der Waals surface area contributed by atoms with Crippen LogP contribution in [0.25, 0.3) is 0 Å². The van der Waals surface area contributed by atoms with Crippen LogP contribution in [0.4, 0.5) is 11.4 Å². The zero-order valence-electron chi connectivity index (χ0n) is 16.2. The third-order valence-corrected chi connectivity index (χ3v) is 6.18. The number of rotatable bonds is 4. The number of carbonyl (C=O) groups is 2. The minimum Gasteiger partial charge on any atom is -0.486 e. The lowest BCUT2D eigenvalue weighted by atomic mass is 9.96. The van der Waals surface area contributed by atoms with E-state index in [4.69, 9.17) is 21.1 Å². The van der Waals surface area contributed by atoms with Crippen LogP contribution >= 0.6 is 23.4 Å². The number of anilines is 2. The third-order valence-electron chi connectivity index (χ3n) is 4.91. The van der Waals surface area contributed by atoms with Gasteiger partial charge in [-0.2, -0.15) is 0 Å². The van der Waals surface area contributed by atoms with Crippen LogP contribution in [0.5, 0.6) is 11.5 Å². The van der Waals surface area contributed by atoms with Crippen molar-refractivity contribution in [2.45, 2.75) is 25.1 Å². The molecule has 6 nitrogen and oxygen atoms in total. The van der Waals surface area contributed by atoms with Crippen molar-refractivity contribution in [3.63, 3.8) is 0 Å². The molecule has 0 saturated heterocycles.